The minimum absolute atomic E-state index is 0.0384. The Balaban J connectivity index is 1.84. The summed E-state index contributed by atoms with van der Waals surface area (Å²) in [7, 11) is 1.42. The number of rotatable bonds is 8. The standard InChI is InChI=1S/C16H17N3O5S/c1-23-14-4-12(16(20)17-6-10-2-3-10)13(19(21)22)5-15(14)24-7-11-8-25-9-18-11/h4-5,8-10H,2-3,6-7H2,1H3,(H,17,20). The highest BCUT2D eigenvalue weighted by molar-refractivity contribution is 7.07. The van der Waals surface area contributed by atoms with Gasteiger partial charge in [-0.05, 0) is 18.8 Å². The largest absolute Gasteiger partial charge is 0.493 e. The molecule has 1 N–H and O–H groups in total. The summed E-state index contributed by atoms with van der Waals surface area (Å²) in [6.45, 7) is 0.685. The Bertz CT molecular complexity index is 774. The normalized spacial score (nSPS) is 13.3. The quantitative estimate of drug-likeness (QED) is 0.571. The number of methoxy groups -OCH3 is 1. The second kappa shape index (κ2) is 7.47. The van der Waals surface area contributed by atoms with Gasteiger partial charge in [0.05, 0.1) is 29.3 Å². The van der Waals surface area contributed by atoms with Crippen LogP contribution in [0.1, 0.15) is 28.9 Å². The van der Waals surface area contributed by atoms with E-state index in [0.29, 0.717) is 18.2 Å². The number of carbonyl (C=O) groups is 1. The number of benzene rings is 1. The molecule has 0 unspecified atom stereocenters. The maximum atomic E-state index is 12.3. The van der Waals surface area contributed by atoms with Crippen LogP contribution in [0.5, 0.6) is 11.5 Å². The number of nitrogens with one attached hydrogen (secondary N) is 1. The molecule has 0 bridgehead atoms. The van der Waals surface area contributed by atoms with Crippen molar-refractivity contribution in [3.63, 3.8) is 0 Å². The van der Waals surface area contributed by atoms with Crippen molar-refractivity contribution in [2.24, 2.45) is 5.92 Å². The van der Waals surface area contributed by atoms with Gasteiger partial charge in [-0.15, -0.1) is 11.3 Å². The Kier molecular flexibility index (Phi) is 5.13. The van der Waals surface area contributed by atoms with E-state index in [1.165, 1.54) is 30.6 Å². The molecule has 1 aromatic heterocycles. The van der Waals surface area contributed by atoms with Crippen LogP contribution in [0.2, 0.25) is 0 Å². The summed E-state index contributed by atoms with van der Waals surface area (Å²) < 4.78 is 10.8. The molecular weight excluding hydrogens is 346 g/mol. The number of aromatic nitrogens is 1. The van der Waals surface area contributed by atoms with E-state index in [1.807, 2.05) is 5.38 Å². The van der Waals surface area contributed by atoms with Crippen LogP contribution in [-0.4, -0.2) is 29.5 Å². The van der Waals surface area contributed by atoms with Crippen molar-refractivity contribution >= 4 is 22.9 Å². The molecule has 1 aliphatic carbocycles. The van der Waals surface area contributed by atoms with Crippen LogP contribution in [0, 0.1) is 16.0 Å². The molecule has 0 radical (unpaired) electrons. The Morgan fingerprint density at radius 3 is 2.84 bits per heavy atom. The van der Waals surface area contributed by atoms with Gasteiger partial charge in [0.2, 0.25) is 0 Å². The van der Waals surface area contributed by atoms with Gasteiger partial charge in [0.1, 0.15) is 12.2 Å². The third kappa shape index (κ3) is 4.24. The van der Waals surface area contributed by atoms with Crippen LogP contribution in [0.15, 0.2) is 23.0 Å². The zero-order chi connectivity index (χ0) is 17.8. The molecule has 1 saturated carbocycles. The van der Waals surface area contributed by atoms with Crippen molar-refractivity contribution in [3.8, 4) is 11.5 Å². The van der Waals surface area contributed by atoms with Gasteiger partial charge >= 0.3 is 0 Å². The van der Waals surface area contributed by atoms with Crippen LogP contribution >= 0.6 is 11.3 Å². The van der Waals surface area contributed by atoms with Gasteiger partial charge in [0.25, 0.3) is 11.6 Å². The number of ether oxygens (including phenoxy) is 2. The Morgan fingerprint density at radius 2 is 2.24 bits per heavy atom. The van der Waals surface area contributed by atoms with Crippen molar-refractivity contribution in [1.29, 1.82) is 0 Å². The van der Waals surface area contributed by atoms with E-state index in [9.17, 15) is 14.9 Å². The van der Waals surface area contributed by atoms with Crippen molar-refractivity contribution in [2.75, 3.05) is 13.7 Å². The van der Waals surface area contributed by atoms with Gasteiger partial charge in [0.15, 0.2) is 11.5 Å². The summed E-state index contributed by atoms with van der Waals surface area (Å²) in [4.78, 5) is 27.2. The maximum Gasteiger partial charge on any atom is 0.286 e. The number of nitrogens with zero attached hydrogens (tertiary/aromatic N) is 2. The third-order valence-electron chi connectivity index (χ3n) is 3.83. The highest BCUT2D eigenvalue weighted by atomic mass is 32.1. The van der Waals surface area contributed by atoms with Gasteiger partial charge in [-0.3, -0.25) is 14.9 Å². The second-order valence-corrected chi connectivity index (χ2v) is 6.42. The first-order chi connectivity index (χ1) is 12.1. The lowest BCUT2D eigenvalue weighted by Gasteiger charge is -2.12. The molecule has 1 heterocycles. The molecule has 0 atom stereocenters. The predicted molar refractivity (Wildman–Crippen MR) is 91.2 cm³/mol. The fourth-order valence-corrected chi connectivity index (χ4v) is 2.81. The number of nitro benzene ring substituents is 1. The topological polar surface area (TPSA) is 104 Å². The van der Waals surface area contributed by atoms with Crippen LogP contribution in [0.3, 0.4) is 0 Å². The van der Waals surface area contributed by atoms with Crippen LogP contribution in [0.4, 0.5) is 5.69 Å². The summed E-state index contributed by atoms with van der Waals surface area (Å²) >= 11 is 1.43. The molecule has 1 fully saturated rings. The van der Waals surface area contributed by atoms with E-state index < -0.39 is 10.8 Å². The highest BCUT2D eigenvalue weighted by Crippen LogP contribution is 2.35. The fraction of sp³-hybridized carbons (Fsp3) is 0.375. The molecule has 0 saturated heterocycles. The first-order valence-corrected chi connectivity index (χ1v) is 8.67. The van der Waals surface area contributed by atoms with Gasteiger partial charge in [-0.25, -0.2) is 4.98 Å². The van der Waals surface area contributed by atoms with Gasteiger partial charge < -0.3 is 14.8 Å². The molecule has 9 heteroatoms. The zero-order valence-electron chi connectivity index (χ0n) is 13.6. The van der Waals surface area contributed by atoms with Crippen molar-refractivity contribution in [1.82, 2.24) is 10.3 Å². The van der Waals surface area contributed by atoms with Crippen LogP contribution in [-0.2, 0) is 6.61 Å². The van der Waals surface area contributed by atoms with Gasteiger partial charge in [-0.2, -0.15) is 0 Å². The predicted octanol–water partition coefficient (Wildman–Crippen LogP) is 2.78. The summed E-state index contributed by atoms with van der Waals surface area (Å²) in [5.41, 5.74) is 2.03. The average molecular weight is 363 g/mol. The molecule has 1 aromatic carbocycles. The lowest BCUT2D eigenvalue weighted by molar-refractivity contribution is -0.385. The first kappa shape index (κ1) is 17.2. The molecule has 8 nitrogen and oxygen atoms in total. The SMILES string of the molecule is COc1cc(C(=O)NCC2CC2)c([N+](=O)[O-])cc1OCc1cscn1. The molecule has 25 heavy (non-hydrogen) atoms. The Hall–Kier alpha value is -2.68. The second-order valence-electron chi connectivity index (χ2n) is 5.70. The smallest absolute Gasteiger partial charge is 0.286 e. The van der Waals surface area contributed by atoms with Crippen molar-refractivity contribution in [2.45, 2.75) is 19.4 Å². The van der Waals surface area contributed by atoms with Crippen LogP contribution < -0.4 is 14.8 Å². The monoisotopic (exact) mass is 363 g/mol. The number of hydrogen-bond acceptors (Lipinski definition) is 7. The lowest BCUT2D eigenvalue weighted by atomic mass is 10.1. The fourth-order valence-electron chi connectivity index (χ4n) is 2.27. The van der Waals surface area contributed by atoms with E-state index in [2.05, 4.69) is 10.3 Å². The van der Waals surface area contributed by atoms with Crippen molar-refractivity contribution in [3.05, 3.63) is 44.4 Å². The molecule has 0 aliphatic heterocycles. The summed E-state index contributed by atoms with van der Waals surface area (Å²) in [6.07, 6.45) is 2.16. The highest BCUT2D eigenvalue weighted by Gasteiger charge is 2.27. The molecule has 0 spiro atoms. The Morgan fingerprint density at radius 1 is 1.44 bits per heavy atom. The van der Waals surface area contributed by atoms with E-state index in [-0.39, 0.29) is 29.4 Å². The molecule has 2 aromatic rings. The number of nitro groups is 1. The third-order valence-corrected chi connectivity index (χ3v) is 4.47. The zero-order valence-corrected chi connectivity index (χ0v) is 14.4. The minimum Gasteiger partial charge on any atom is -0.493 e. The number of hydrogen-bond donors (Lipinski definition) is 1. The molecular formula is C16H17N3O5S. The molecule has 3 rings (SSSR count). The van der Waals surface area contributed by atoms with E-state index in [4.69, 9.17) is 9.47 Å². The maximum absolute atomic E-state index is 12.3. The summed E-state index contributed by atoms with van der Waals surface area (Å²) in [5, 5.41) is 15.9. The number of carbonyl (C=O) groups excluding carboxylic acids is 1. The molecule has 132 valence electrons. The summed E-state index contributed by atoms with van der Waals surface area (Å²) in [5.74, 6) is 0.451. The average Bonchev–Trinajstić information content (AvgIpc) is 3.30. The van der Waals surface area contributed by atoms with Gasteiger partial charge in [0, 0.05) is 18.0 Å². The van der Waals surface area contributed by atoms with Crippen molar-refractivity contribution < 1.29 is 19.2 Å². The van der Waals surface area contributed by atoms with E-state index in [1.54, 1.807) is 5.51 Å². The molecule has 1 aliphatic rings. The molecule has 1 amide bonds. The number of thiazole rings is 1. The minimum atomic E-state index is -0.596. The summed E-state index contributed by atoms with van der Waals surface area (Å²) in [6, 6.07) is 2.56. The Labute approximate surface area is 147 Å². The van der Waals surface area contributed by atoms with E-state index in [0.717, 1.165) is 12.8 Å². The van der Waals surface area contributed by atoms with Gasteiger partial charge in [-0.1, -0.05) is 0 Å². The van der Waals surface area contributed by atoms with Crippen LogP contribution in [0.25, 0.3) is 0 Å². The first-order valence-electron chi connectivity index (χ1n) is 7.73. The number of amides is 1. The van der Waals surface area contributed by atoms with E-state index >= 15 is 0 Å². The lowest BCUT2D eigenvalue weighted by Crippen LogP contribution is -2.26.